The molecule has 28 rings (SSSR count). The Hall–Kier alpha value is -10.2. The summed E-state index contributed by atoms with van der Waals surface area (Å²) in [5, 5.41) is 2.36. The van der Waals surface area contributed by atoms with E-state index in [1.54, 1.807) is 39.5 Å². The van der Waals surface area contributed by atoms with Gasteiger partial charge in [-0.25, -0.2) is 31.0 Å². The van der Waals surface area contributed by atoms with Crippen LogP contribution in [-0.4, -0.2) is 249 Å². The van der Waals surface area contributed by atoms with Gasteiger partial charge in [0.05, 0.1) is 65.2 Å². The van der Waals surface area contributed by atoms with Gasteiger partial charge in [-0.3, -0.25) is 38.6 Å². The molecular weight excluding hydrogens is 1860 g/mol. The van der Waals surface area contributed by atoms with Crippen LogP contribution in [0.5, 0.6) is 17.2 Å². The molecule has 8 saturated carbocycles. The number of carbonyl (C=O) groups is 6. The molecule has 8 aliphatic carbocycles. The van der Waals surface area contributed by atoms with Crippen molar-refractivity contribution >= 4 is 98.4 Å². The molecule has 143 heavy (non-hydrogen) atoms. The standard InChI is InChI=1S/C39H49N5O5S.C37H44N4O5S.C36H42N4O5S/c1-24(2)20-41-21-28-17-27(41)22-43(28)38(46)39-19-33(39)32-18-29(49-3)11-13-30(32)36-35(25-8-5-4-6-9-25)31-12-10-26(16-34(31)44(36)23-39)37(45)40-50(47,48)42-14-7-15-42;1-46-26-8-12-28-30(20-26)31-21-37(31,36(43)40-18-17-39-15-13-25(40)14-16-39)22-41-32-19-24(35(42)38-47(44,45)27-9-10-27)7-11-29(32)33(34(28)41)23-5-3-2-4-6-23;1-38-18-24-15-23(38)19-39(24)35(42)36-17-30(36)29-16-25(45-2)9-13-27(29)33-32(21-6-4-3-5-7-21)28-12-8-22(14-31(28)40(33)20-36)34(41)37-46(43,44)26-10-11-26/h10-13,16,18,24-25,27-28,33H,4-9,14-15,17,19-23H2,1-3H3,(H,40,45);7-8,11-12,19-20,23,25,27,31H,2-6,9-10,13-18,21-22H2,1H3,(H,38,42);8-9,12-14,16,21,23-24,26,30H,3-7,10-11,15,17-20H2,1-2H3,(H,37,41)/t27-,28-,33?,39?;;23-,24-,30?,36?/m1.0/s1. The molecule has 8 saturated heterocycles. The summed E-state index contributed by atoms with van der Waals surface area (Å²) in [6.45, 7) is 15.3. The maximum Gasteiger partial charge on any atom is 0.304 e. The quantitative estimate of drug-likeness (QED) is 0.0638. The molecule has 3 N–H and O–H groups in total. The number of nitrogens with zero attached hydrogens (tertiary/aromatic N) is 10. The number of sulfonamides is 2. The van der Waals surface area contributed by atoms with Crippen molar-refractivity contribution in [1.29, 1.82) is 0 Å². The van der Waals surface area contributed by atoms with Crippen LogP contribution in [0.25, 0.3) is 66.5 Å². The number of carbonyl (C=O) groups excluding carboxylic acids is 6. The number of likely N-dealkylation sites (N-methyl/N-ethyl adjacent to an activating group) is 1. The summed E-state index contributed by atoms with van der Waals surface area (Å²) in [4.78, 5) is 99.1. The Labute approximate surface area is 838 Å². The van der Waals surface area contributed by atoms with Gasteiger partial charge in [0.15, 0.2) is 0 Å². The van der Waals surface area contributed by atoms with E-state index in [2.05, 4.69) is 115 Å². The van der Waals surface area contributed by atoms with Gasteiger partial charge in [-0.2, -0.15) is 12.7 Å². The minimum Gasteiger partial charge on any atom is -0.497 e. The molecule has 16 fully saturated rings. The Bertz CT molecular complexity index is 7130. The smallest absolute Gasteiger partial charge is 0.304 e. The SMILES string of the molecule is COc1ccc2c(c1)C1CC1(C(=O)N1CCN3CCC1CC3)Cn1c-2c(C2CCCCC2)c2ccc(C(=O)NS(=O)(=O)C3CC3)cc21.COc1ccc2c(c1)C1CC1(C(=O)N1C[C@@H]3C[C@H]1CN3C)Cn1c-2c(C2CCCCC2)c2ccc(C(=O)NS(=O)(=O)C3CC3)cc21.COc1ccc2c(c1)C1CC1(C(=O)N1C[C@H]3C[C@@H]1CN3CC(C)C)Cn1c-2c(C2CCCCC2)c2ccc(C(=O)NS(=O)(=O)N3CCC3)cc21. The third-order valence-corrected chi connectivity index (χ3v) is 42.4. The van der Waals surface area contributed by atoms with Crippen molar-refractivity contribution < 1.29 is 68.2 Å². The number of ether oxygens (including phenoxy) is 3. The Morgan fingerprint density at radius 3 is 1.10 bits per heavy atom. The molecule has 19 aliphatic rings. The molecule has 756 valence electrons. The summed E-state index contributed by atoms with van der Waals surface area (Å²) in [6, 6.07) is 37.8. The number of piperazine rings is 2. The van der Waals surface area contributed by atoms with E-state index >= 15 is 4.79 Å². The van der Waals surface area contributed by atoms with E-state index in [1.807, 2.05) is 54.6 Å². The normalized spacial score (nSPS) is 28.4. The molecule has 28 nitrogen and oxygen atoms in total. The highest BCUT2D eigenvalue weighted by Crippen LogP contribution is 2.71. The van der Waals surface area contributed by atoms with Crippen LogP contribution in [0.15, 0.2) is 109 Å². The van der Waals surface area contributed by atoms with Gasteiger partial charge in [0, 0.05) is 206 Å². The fourth-order valence-corrected chi connectivity index (χ4v) is 33.0. The zero-order valence-electron chi connectivity index (χ0n) is 83.3. The molecule has 10 atom stereocenters. The average molecular weight is 2000 g/mol. The summed E-state index contributed by atoms with van der Waals surface area (Å²) < 4.78 is 109. The highest BCUT2D eigenvalue weighted by atomic mass is 32.2. The van der Waals surface area contributed by atoms with Crippen molar-refractivity contribution in [2.45, 2.75) is 283 Å². The zero-order chi connectivity index (χ0) is 98.1. The van der Waals surface area contributed by atoms with E-state index in [9.17, 15) is 49.2 Å². The first-order chi connectivity index (χ1) is 69.0. The summed E-state index contributed by atoms with van der Waals surface area (Å²) in [5.74, 6) is 3.36. The van der Waals surface area contributed by atoms with Crippen LogP contribution < -0.4 is 28.4 Å². The maximum absolute atomic E-state index is 15.0. The molecule has 6 amide bonds. The summed E-state index contributed by atoms with van der Waals surface area (Å²) >= 11 is 0. The van der Waals surface area contributed by atoms with Crippen molar-refractivity contribution in [3.63, 3.8) is 0 Å². The van der Waals surface area contributed by atoms with E-state index in [4.69, 9.17) is 14.2 Å². The molecule has 6 aromatic carbocycles. The van der Waals surface area contributed by atoms with E-state index in [1.165, 1.54) is 95.5 Å². The van der Waals surface area contributed by atoms with Crippen LogP contribution >= 0.6 is 0 Å². The lowest BCUT2D eigenvalue weighted by Crippen LogP contribution is -2.52. The molecule has 14 heterocycles. The van der Waals surface area contributed by atoms with Crippen molar-refractivity contribution in [1.82, 2.24) is 61.6 Å². The van der Waals surface area contributed by atoms with Crippen LogP contribution in [-0.2, 0) is 64.3 Å². The number of hydrogen-bond donors (Lipinski definition) is 3. The highest BCUT2D eigenvalue weighted by molar-refractivity contribution is 7.91. The van der Waals surface area contributed by atoms with Gasteiger partial charge in [-0.15, -0.1) is 0 Å². The van der Waals surface area contributed by atoms with E-state index in [-0.39, 0.29) is 53.6 Å². The predicted octanol–water partition coefficient (Wildman–Crippen LogP) is 15.8. The van der Waals surface area contributed by atoms with E-state index in [0.29, 0.717) is 111 Å². The minimum atomic E-state index is -3.89. The number of aromatic nitrogens is 3. The number of hydrogen-bond acceptors (Lipinski definition) is 18. The van der Waals surface area contributed by atoms with Crippen LogP contribution in [0.1, 0.15) is 287 Å². The second-order valence-corrected chi connectivity index (χ2v) is 51.8. The van der Waals surface area contributed by atoms with Gasteiger partial charge in [0.25, 0.3) is 17.7 Å². The maximum atomic E-state index is 15.0. The summed E-state index contributed by atoms with van der Waals surface area (Å²) in [5.41, 5.74) is 16.4. The molecule has 0 radical (unpaired) electrons. The van der Waals surface area contributed by atoms with Crippen LogP contribution in [0, 0.1) is 22.2 Å². The van der Waals surface area contributed by atoms with Gasteiger partial charge >= 0.3 is 10.2 Å². The van der Waals surface area contributed by atoms with Crippen LogP contribution in [0.2, 0.25) is 0 Å². The molecule has 11 aliphatic heterocycles. The summed E-state index contributed by atoms with van der Waals surface area (Å²) in [7, 11) is -4.00. The van der Waals surface area contributed by atoms with Gasteiger partial charge in [-0.05, 0) is 271 Å². The zero-order valence-corrected chi connectivity index (χ0v) is 85.7. The largest absolute Gasteiger partial charge is 0.497 e. The predicted molar refractivity (Wildman–Crippen MR) is 548 cm³/mol. The van der Waals surface area contributed by atoms with Crippen molar-refractivity contribution in [2.24, 2.45) is 22.2 Å². The van der Waals surface area contributed by atoms with Crippen molar-refractivity contribution in [2.75, 3.05) is 100 Å². The fourth-order valence-electron chi connectivity index (χ4n) is 29.2. The fraction of sp³-hybridized carbons (Fsp3) is 0.571. The van der Waals surface area contributed by atoms with Gasteiger partial charge in [-0.1, -0.05) is 89.8 Å². The van der Waals surface area contributed by atoms with E-state index < -0.39 is 74.7 Å². The number of piperidine rings is 1. The first kappa shape index (κ1) is 93.9. The number of rotatable bonds is 20. The van der Waals surface area contributed by atoms with Crippen LogP contribution in [0.3, 0.4) is 0 Å². The minimum absolute atomic E-state index is 0.0771. The number of fused-ring (bicyclic) bond motifs is 29. The Morgan fingerprint density at radius 1 is 0.385 bits per heavy atom. The Balaban J connectivity index is 0.000000113. The summed E-state index contributed by atoms with van der Waals surface area (Å²) in [6.07, 6.45) is 27.1. The van der Waals surface area contributed by atoms with Gasteiger partial charge < -0.3 is 47.5 Å². The topological polar surface area (TPSA) is 306 Å². The van der Waals surface area contributed by atoms with Gasteiger partial charge in [0.1, 0.15) is 17.2 Å². The molecule has 6 bridgehead atoms. The molecule has 3 aromatic heterocycles. The van der Waals surface area contributed by atoms with Crippen molar-refractivity contribution in [3.8, 4) is 51.0 Å². The number of benzene rings is 6. The Morgan fingerprint density at radius 2 is 0.762 bits per heavy atom. The third kappa shape index (κ3) is 15.9. The van der Waals surface area contributed by atoms with Gasteiger partial charge in [0.2, 0.25) is 37.8 Å². The molecule has 6 unspecified atom stereocenters. The van der Waals surface area contributed by atoms with E-state index in [0.717, 1.165) is 233 Å². The highest BCUT2D eigenvalue weighted by Gasteiger charge is 2.69. The monoisotopic (exact) mass is 2000 g/mol. The van der Waals surface area contributed by atoms with Crippen molar-refractivity contribution in [3.05, 3.63) is 159 Å². The third-order valence-electron chi connectivity index (χ3n) is 37.3. The molecule has 9 aromatic rings. The lowest BCUT2D eigenvalue weighted by Gasteiger charge is -2.37. The number of amides is 6. The second kappa shape index (κ2) is 35.3. The second-order valence-electron chi connectivity index (χ2n) is 46.2. The first-order valence-corrected chi connectivity index (χ1v) is 58.1. The van der Waals surface area contributed by atoms with Crippen LogP contribution in [0.4, 0.5) is 0 Å². The average Bonchev–Trinajstić information content (AvgIpc) is 1.52. The lowest BCUT2D eigenvalue weighted by molar-refractivity contribution is -0.140. The molecule has 31 heteroatoms. The molecule has 0 spiro atoms. The number of likely N-dealkylation sites (tertiary alicyclic amines) is 4. The Kier molecular flexibility index (Phi) is 23.2. The lowest BCUT2D eigenvalue weighted by atomic mass is 9.81. The number of nitrogens with one attached hydrogen (secondary N) is 3. The first-order valence-electron chi connectivity index (χ1n) is 53.6. The molecular formula is C112H135N13O15S3. The number of methoxy groups -OCH3 is 3.